The Hall–Kier alpha value is -0.570. The molecule has 3 unspecified atom stereocenters. The van der Waals surface area contributed by atoms with Crippen LogP contribution in [0.4, 0.5) is 0 Å². The van der Waals surface area contributed by atoms with Crippen molar-refractivity contribution in [2.45, 2.75) is 64.8 Å². The van der Waals surface area contributed by atoms with Crippen LogP contribution in [0.15, 0.2) is 0 Å². The molecule has 0 radical (unpaired) electrons. The van der Waals surface area contributed by atoms with E-state index < -0.39 is 0 Å². The first-order chi connectivity index (χ1) is 9.16. The summed E-state index contributed by atoms with van der Waals surface area (Å²) in [7, 11) is 0. The van der Waals surface area contributed by atoms with Gasteiger partial charge in [-0.2, -0.15) is 0 Å². The van der Waals surface area contributed by atoms with Crippen molar-refractivity contribution in [2.75, 3.05) is 19.6 Å². The topological polar surface area (TPSA) is 32.3 Å². The quantitative estimate of drug-likeness (QED) is 0.848. The van der Waals surface area contributed by atoms with Gasteiger partial charge in [-0.15, -0.1) is 0 Å². The summed E-state index contributed by atoms with van der Waals surface area (Å²) in [5.74, 6) is 1.96. The Morgan fingerprint density at radius 3 is 2.63 bits per heavy atom. The summed E-state index contributed by atoms with van der Waals surface area (Å²) >= 11 is 0. The maximum Gasteiger partial charge on any atom is 0.239 e. The number of nitrogens with one attached hydrogen (secondary N) is 1. The molecule has 1 aliphatic carbocycles. The highest BCUT2D eigenvalue weighted by Crippen LogP contribution is 2.28. The van der Waals surface area contributed by atoms with Crippen LogP contribution in [0.5, 0.6) is 0 Å². The Kier molecular flexibility index (Phi) is 5.68. The van der Waals surface area contributed by atoms with Gasteiger partial charge in [-0.25, -0.2) is 0 Å². The van der Waals surface area contributed by atoms with Crippen LogP contribution in [0.1, 0.15) is 58.8 Å². The van der Waals surface area contributed by atoms with Crippen LogP contribution in [0.25, 0.3) is 0 Å². The molecule has 1 N–H and O–H groups in total. The fraction of sp³-hybridized carbons (Fsp3) is 0.938. The minimum Gasteiger partial charge on any atom is -0.341 e. The van der Waals surface area contributed by atoms with E-state index in [0.717, 1.165) is 31.5 Å². The van der Waals surface area contributed by atoms with Crippen molar-refractivity contribution in [2.24, 2.45) is 11.8 Å². The largest absolute Gasteiger partial charge is 0.341 e. The number of hydrogen-bond acceptors (Lipinski definition) is 2. The molecule has 110 valence electrons. The molecule has 0 aromatic rings. The molecule has 0 aromatic carbocycles. The molecule has 2 aliphatic rings. The molecule has 0 bridgehead atoms. The number of rotatable bonds is 4. The van der Waals surface area contributed by atoms with Crippen molar-refractivity contribution in [3.63, 3.8) is 0 Å². The highest BCUT2D eigenvalue weighted by atomic mass is 16.2. The third-order valence-electron chi connectivity index (χ3n) is 4.80. The zero-order chi connectivity index (χ0) is 13.7. The van der Waals surface area contributed by atoms with E-state index in [1.54, 1.807) is 0 Å². The van der Waals surface area contributed by atoms with Gasteiger partial charge in [-0.1, -0.05) is 19.8 Å². The molecule has 19 heavy (non-hydrogen) atoms. The zero-order valence-electron chi connectivity index (χ0n) is 12.7. The maximum atomic E-state index is 12.3. The van der Waals surface area contributed by atoms with Crippen molar-refractivity contribution < 1.29 is 4.79 Å². The van der Waals surface area contributed by atoms with Crippen LogP contribution in [-0.2, 0) is 4.79 Å². The molecule has 0 aromatic heterocycles. The molecule has 1 heterocycles. The van der Waals surface area contributed by atoms with Gasteiger partial charge in [0, 0.05) is 13.1 Å². The van der Waals surface area contributed by atoms with Crippen molar-refractivity contribution >= 4 is 5.91 Å². The van der Waals surface area contributed by atoms with Crippen molar-refractivity contribution in [1.29, 1.82) is 0 Å². The summed E-state index contributed by atoms with van der Waals surface area (Å²) in [5.41, 5.74) is 0. The van der Waals surface area contributed by atoms with Crippen molar-refractivity contribution in [3.05, 3.63) is 0 Å². The van der Waals surface area contributed by atoms with Crippen LogP contribution in [0, 0.1) is 11.8 Å². The predicted molar refractivity (Wildman–Crippen MR) is 79.0 cm³/mol. The van der Waals surface area contributed by atoms with Crippen molar-refractivity contribution in [1.82, 2.24) is 10.2 Å². The number of piperidine rings is 1. The highest BCUT2D eigenvalue weighted by Gasteiger charge is 2.24. The molecule has 1 saturated carbocycles. The third-order valence-corrected chi connectivity index (χ3v) is 4.80. The second-order valence-electron chi connectivity index (χ2n) is 6.65. The van der Waals surface area contributed by atoms with E-state index in [-0.39, 0.29) is 6.04 Å². The number of amides is 1. The predicted octanol–water partition coefficient (Wildman–Crippen LogP) is 2.80. The molecule has 3 nitrogen and oxygen atoms in total. The average molecular weight is 266 g/mol. The smallest absolute Gasteiger partial charge is 0.239 e. The first kappa shape index (κ1) is 14.8. The van der Waals surface area contributed by atoms with Gasteiger partial charge in [0.15, 0.2) is 0 Å². The van der Waals surface area contributed by atoms with Gasteiger partial charge >= 0.3 is 0 Å². The van der Waals surface area contributed by atoms with Crippen LogP contribution >= 0.6 is 0 Å². The Balaban J connectivity index is 1.70. The van der Waals surface area contributed by atoms with Gasteiger partial charge in [-0.05, 0) is 57.4 Å². The number of hydrogen-bond donors (Lipinski definition) is 1. The first-order valence-electron chi connectivity index (χ1n) is 8.19. The molecule has 3 atom stereocenters. The lowest BCUT2D eigenvalue weighted by molar-refractivity contribution is -0.134. The third kappa shape index (κ3) is 4.48. The van der Waals surface area contributed by atoms with Gasteiger partial charge in [0.05, 0.1) is 6.04 Å². The van der Waals surface area contributed by atoms with Gasteiger partial charge < -0.3 is 10.2 Å². The highest BCUT2D eigenvalue weighted by molar-refractivity contribution is 5.81. The second kappa shape index (κ2) is 7.28. The van der Waals surface area contributed by atoms with Gasteiger partial charge in [-0.3, -0.25) is 4.79 Å². The van der Waals surface area contributed by atoms with E-state index >= 15 is 0 Å². The minimum atomic E-state index is -0.00432. The standard InChI is InChI=1S/C16H30N2O/c1-13-7-6-8-15(11-13)12-17-14(2)16(19)18-9-4-3-5-10-18/h13-15,17H,3-12H2,1-2H3. The van der Waals surface area contributed by atoms with Gasteiger partial charge in [0.1, 0.15) is 0 Å². The summed E-state index contributed by atoms with van der Waals surface area (Å²) in [4.78, 5) is 14.3. The lowest BCUT2D eigenvalue weighted by Gasteiger charge is -2.31. The fourth-order valence-electron chi connectivity index (χ4n) is 3.56. The fourth-order valence-corrected chi connectivity index (χ4v) is 3.56. The van der Waals surface area contributed by atoms with E-state index in [1.165, 1.54) is 44.9 Å². The minimum absolute atomic E-state index is 0.00432. The Morgan fingerprint density at radius 2 is 1.95 bits per heavy atom. The Labute approximate surface area is 118 Å². The van der Waals surface area contributed by atoms with E-state index in [1.807, 2.05) is 11.8 Å². The van der Waals surface area contributed by atoms with Crippen LogP contribution in [0.3, 0.4) is 0 Å². The number of carbonyl (C=O) groups is 1. The number of carbonyl (C=O) groups excluding carboxylic acids is 1. The summed E-state index contributed by atoms with van der Waals surface area (Å²) < 4.78 is 0. The Bertz CT molecular complexity index is 286. The Morgan fingerprint density at radius 1 is 1.21 bits per heavy atom. The van der Waals surface area contributed by atoms with Crippen LogP contribution in [-0.4, -0.2) is 36.5 Å². The van der Waals surface area contributed by atoms with Crippen molar-refractivity contribution in [3.8, 4) is 0 Å². The van der Waals surface area contributed by atoms with E-state index in [9.17, 15) is 4.79 Å². The number of nitrogens with zero attached hydrogens (tertiary/aromatic N) is 1. The molecule has 2 fully saturated rings. The first-order valence-corrected chi connectivity index (χ1v) is 8.19. The molecular formula is C16H30N2O. The van der Waals surface area contributed by atoms with Crippen LogP contribution < -0.4 is 5.32 Å². The van der Waals surface area contributed by atoms with E-state index in [2.05, 4.69) is 12.2 Å². The second-order valence-corrected chi connectivity index (χ2v) is 6.65. The van der Waals surface area contributed by atoms with Crippen LogP contribution in [0.2, 0.25) is 0 Å². The SMILES string of the molecule is CC1CCCC(CNC(C)C(=O)N2CCCCC2)C1. The maximum absolute atomic E-state index is 12.3. The molecular weight excluding hydrogens is 236 g/mol. The summed E-state index contributed by atoms with van der Waals surface area (Å²) in [5, 5.41) is 3.48. The number of likely N-dealkylation sites (tertiary alicyclic amines) is 1. The normalized spacial score (nSPS) is 30.1. The zero-order valence-corrected chi connectivity index (χ0v) is 12.7. The molecule has 2 rings (SSSR count). The molecule has 0 spiro atoms. The van der Waals surface area contributed by atoms with E-state index in [0.29, 0.717) is 5.91 Å². The lowest BCUT2D eigenvalue weighted by atomic mass is 9.82. The molecule has 1 saturated heterocycles. The van der Waals surface area contributed by atoms with Gasteiger partial charge in [0.2, 0.25) is 5.91 Å². The summed E-state index contributed by atoms with van der Waals surface area (Å²) in [6.45, 7) is 7.33. The average Bonchev–Trinajstić information content (AvgIpc) is 2.45. The monoisotopic (exact) mass is 266 g/mol. The lowest BCUT2D eigenvalue weighted by Crippen LogP contribution is -2.48. The molecule has 3 heteroatoms. The van der Waals surface area contributed by atoms with E-state index in [4.69, 9.17) is 0 Å². The van der Waals surface area contributed by atoms with Gasteiger partial charge in [0.25, 0.3) is 0 Å². The molecule has 1 aliphatic heterocycles. The molecule has 1 amide bonds. The summed E-state index contributed by atoms with van der Waals surface area (Å²) in [6.07, 6.45) is 9.06. The summed E-state index contributed by atoms with van der Waals surface area (Å²) in [6, 6.07) is -0.00432.